The first-order valence-corrected chi connectivity index (χ1v) is 6.37. The van der Waals surface area contributed by atoms with E-state index < -0.39 is 6.10 Å². The normalized spacial score (nSPS) is 13.0. The first-order chi connectivity index (χ1) is 8.49. The summed E-state index contributed by atoms with van der Waals surface area (Å²) in [7, 11) is 0. The van der Waals surface area contributed by atoms with Crippen LogP contribution in [0.25, 0.3) is 11.4 Å². The van der Waals surface area contributed by atoms with Gasteiger partial charge in [-0.25, -0.2) is 4.98 Å². The van der Waals surface area contributed by atoms with Crippen molar-refractivity contribution in [2.75, 3.05) is 0 Å². The molecule has 18 heavy (non-hydrogen) atoms. The molecule has 0 aliphatic rings. The van der Waals surface area contributed by atoms with Gasteiger partial charge in [-0.2, -0.15) is 0 Å². The fourth-order valence-corrected chi connectivity index (χ4v) is 1.95. The number of H-pyrrole nitrogens is 1. The summed E-state index contributed by atoms with van der Waals surface area (Å²) < 4.78 is 0. The average molecular weight is 265 g/mol. The van der Waals surface area contributed by atoms with Crippen LogP contribution in [0.2, 0.25) is 5.02 Å². The van der Waals surface area contributed by atoms with Gasteiger partial charge in [-0.05, 0) is 37.1 Å². The molecule has 0 aliphatic carbocycles. The average Bonchev–Trinajstić information content (AvgIpc) is 2.71. The van der Waals surface area contributed by atoms with Crippen molar-refractivity contribution in [3.8, 4) is 11.4 Å². The molecule has 2 rings (SSSR count). The Bertz CT molecular complexity index is 531. The molecule has 0 saturated carbocycles. The van der Waals surface area contributed by atoms with Crippen molar-refractivity contribution >= 4 is 11.6 Å². The second-order valence-electron chi connectivity index (χ2n) is 4.79. The lowest BCUT2D eigenvalue weighted by Crippen LogP contribution is -2.07. The number of hydrogen-bond acceptors (Lipinski definition) is 2. The van der Waals surface area contributed by atoms with E-state index >= 15 is 0 Å². The number of aromatic nitrogens is 2. The minimum atomic E-state index is -0.540. The molecule has 3 nitrogen and oxygen atoms in total. The fraction of sp³-hybridized carbons (Fsp3) is 0.357. The Balaban J connectivity index is 2.37. The molecule has 1 unspecified atom stereocenters. The molecule has 0 radical (unpaired) electrons. The number of nitrogens with zero attached hydrogens (tertiary/aromatic N) is 1. The summed E-state index contributed by atoms with van der Waals surface area (Å²) in [5, 5.41) is 10.8. The largest absolute Gasteiger partial charge is 0.386 e. The van der Waals surface area contributed by atoms with Gasteiger partial charge >= 0.3 is 0 Å². The van der Waals surface area contributed by atoms with Gasteiger partial charge in [-0.15, -0.1) is 0 Å². The molecule has 0 aliphatic heterocycles. The molecule has 1 aromatic heterocycles. The predicted molar refractivity (Wildman–Crippen MR) is 73.6 cm³/mol. The molecular formula is C14H17ClN2O. The monoisotopic (exact) mass is 264 g/mol. The van der Waals surface area contributed by atoms with E-state index in [4.69, 9.17) is 11.6 Å². The molecule has 2 N–H and O–H groups in total. The van der Waals surface area contributed by atoms with Gasteiger partial charge in [0.1, 0.15) is 11.9 Å². The number of imidazole rings is 1. The lowest BCUT2D eigenvalue weighted by molar-refractivity contribution is 0.122. The summed E-state index contributed by atoms with van der Waals surface area (Å²) in [5.74, 6) is 0.906. The number of nitrogens with one attached hydrogen (secondary N) is 1. The second kappa shape index (κ2) is 5.12. The van der Waals surface area contributed by atoms with E-state index in [0.29, 0.717) is 5.02 Å². The number of aliphatic hydroxyl groups is 1. The van der Waals surface area contributed by atoms with Crippen LogP contribution >= 0.6 is 11.6 Å². The summed E-state index contributed by atoms with van der Waals surface area (Å²) in [6.45, 7) is 5.87. The Hall–Kier alpha value is -1.32. The minimum Gasteiger partial charge on any atom is -0.386 e. The molecule has 0 spiro atoms. The highest BCUT2D eigenvalue weighted by molar-refractivity contribution is 6.30. The second-order valence-corrected chi connectivity index (χ2v) is 5.23. The van der Waals surface area contributed by atoms with Gasteiger partial charge < -0.3 is 10.1 Å². The number of aromatic amines is 1. The highest BCUT2D eigenvalue weighted by atomic mass is 35.5. The van der Waals surface area contributed by atoms with Crippen LogP contribution in [0.4, 0.5) is 0 Å². The summed E-state index contributed by atoms with van der Waals surface area (Å²) in [5.41, 5.74) is 2.58. The van der Waals surface area contributed by atoms with Gasteiger partial charge in [0.15, 0.2) is 0 Å². The van der Waals surface area contributed by atoms with Crippen LogP contribution in [0.1, 0.15) is 31.3 Å². The van der Waals surface area contributed by atoms with Crippen LogP contribution in [-0.4, -0.2) is 15.1 Å². The number of aliphatic hydroxyl groups excluding tert-OH is 1. The molecule has 1 aromatic carbocycles. The quantitative estimate of drug-likeness (QED) is 0.887. The predicted octanol–water partition coefficient (Wildman–Crippen LogP) is 3.73. The molecular weight excluding hydrogens is 248 g/mol. The highest BCUT2D eigenvalue weighted by Crippen LogP contribution is 2.26. The van der Waals surface area contributed by atoms with Crippen molar-refractivity contribution < 1.29 is 5.11 Å². The fourth-order valence-electron chi connectivity index (χ4n) is 1.82. The maximum atomic E-state index is 10.1. The van der Waals surface area contributed by atoms with E-state index in [9.17, 15) is 5.11 Å². The van der Waals surface area contributed by atoms with E-state index in [1.54, 1.807) is 0 Å². The van der Waals surface area contributed by atoms with Crippen LogP contribution in [-0.2, 0) is 0 Å². The molecule has 2 aromatic rings. The topological polar surface area (TPSA) is 48.9 Å². The lowest BCUT2D eigenvalue weighted by atomic mass is 10.0. The molecule has 0 saturated heterocycles. The van der Waals surface area contributed by atoms with Crippen molar-refractivity contribution in [3.63, 3.8) is 0 Å². The van der Waals surface area contributed by atoms with Crippen LogP contribution < -0.4 is 0 Å². The zero-order chi connectivity index (χ0) is 13.3. The molecule has 4 heteroatoms. The molecule has 96 valence electrons. The number of halogens is 1. The van der Waals surface area contributed by atoms with Crippen molar-refractivity contribution in [2.45, 2.75) is 26.9 Å². The third-order valence-electron chi connectivity index (χ3n) is 2.95. The van der Waals surface area contributed by atoms with E-state index in [2.05, 4.69) is 9.97 Å². The third kappa shape index (κ3) is 2.57. The lowest BCUT2D eigenvalue weighted by Gasteiger charge is -2.12. The number of hydrogen-bond donors (Lipinski definition) is 2. The number of benzene rings is 1. The summed E-state index contributed by atoms with van der Waals surface area (Å²) in [6, 6.07) is 7.47. The van der Waals surface area contributed by atoms with E-state index in [-0.39, 0.29) is 5.92 Å². The summed E-state index contributed by atoms with van der Waals surface area (Å²) in [4.78, 5) is 7.68. The Labute approximate surface area is 112 Å². The smallest absolute Gasteiger partial charge is 0.137 e. The van der Waals surface area contributed by atoms with Crippen LogP contribution in [0.5, 0.6) is 0 Å². The SMILES string of the molecule is Cc1[nH]c(-c2ccc(Cl)cc2)nc1C(O)C(C)C. The first-order valence-electron chi connectivity index (χ1n) is 5.99. The molecule has 0 amide bonds. The van der Waals surface area contributed by atoms with Gasteiger partial charge in [0.2, 0.25) is 0 Å². The van der Waals surface area contributed by atoms with Crippen molar-refractivity contribution in [3.05, 3.63) is 40.7 Å². The molecule has 0 bridgehead atoms. The summed E-state index contributed by atoms with van der Waals surface area (Å²) in [6.07, 6.45) is -0.540. The maximum absolute atomic E-state index is 10.1. The third-order valence-corrected chi connectivity index (χ3v) is 3.20. The zero-order valence-corrected chi connectivity index (χ0v) is 11.5. The molecule has 0 fully saturated rings. The van der Waals surface area contributed by atoms with Gasteiger partial charge in [0, 0.05) is 16.3 Å². The Morgan fingerprint density at radius 3 is 2.39 bits per heavy atom. The zero-order valence-electron chi connectivity index (χ0n) is 10.7. The van der Waals surface area contributed by atoms with Gasteiger partial charge in [0.05, 0.1) is 5.69 Å². The Kier molecular flexibility index (Phi) is 3.73. The van der Waals surface area contributed by atoms with E-state index in [1.165, 1.54) is 0 Å². The van der Waals surface area contributed by atoms with Crippen molar-refractivity contribution in [2.24, 2.45) is 5.92 Å². The first kappa shape index (κ1) is 13.1. The van der Waals surface area contributed by atoms with Crippen LogP contribution in [0.3, 0.4) is 0 Å². The number of aryl methyl sites for hydroxylation is 1. The molecule has 1 heterocycles. The Morgan fingerprint density at radius 2 is 1.83 bits per heavy atom. The van der Waals surface area contributed by atoms with Gasteiger partial charge in [-0.1, -0.05) is 25.4 Å². The van der Waals surface area contributed by atoms with Crippen LogP contribution in [0.15, 0.2) is 24.3 Å². The number of rotatable bonds is 3. The highest BCUT2D eigenvalue weighted by Gasteiger charge is 2.19. The van der Waals surface area contributed by atoms with Crippen molar-refractivity contribution in [1.29, 1.82) is 0 Å². The maximum Gasteiger partial charge on any atom is 0.137 e. The minimum absolute atomic E-state index is 0.144. The summed E-state index contributed by atoms with van der Waals surface area (Å²) >= 11 is 5.86. The van der Waals surface area contributed by atoms with E-state index in [0.717, 1.165) is 22.8 Å². The van der Waals surface area contributed by atoms with Gasteiger partial charge in [-0.3, -0.25) is 0 Å². The van der Waals surface area contributed by atoms with Gasteiger partial charge in [0.25, 0.3) is 0 Å². The van der Waals surface area contributed by atoms with Crippen molar-refractivity contribution in [1.82, 2.24) is 9.97 Å². The Morgan fingerprint density at radius 1 is 1.22 bits per heavy atom. The standard InChI is InChI=1S/C14H17ClN2O/c1-8(2)13(18)12-9(3)16-14(17-12)10-4-6-11(15)7-5-10/h4-8,13,18H,1-3H3,(H,16,17). The molecule has 1 atom stereocenters. The van der Waals surface area contributed by atoms with E-state index in [1.807, 2.05) is 45.0 Å². The van der Waals surface area contributed by atoms with Crippen LogP contribution in [0, 0.1) is 12.8 Å².